The normalized spacial score (nSPS) is 15.5. The summed E-state index contributed by atoms with van der Waals surface area (Å²) in [6, 6.07) is 0.362. The average molecular weight is 799 g/mol. The van der Waals surface area contributed by atoms with Gasteiger partial charge in [0.25, 0.3) is 0 Å². The molecular formula is C40H74N6O6S2. The molecule has 5 unspecified atom stereocenters. The third-order valence-electron chi connectivity index (χ3n) is 7.64. The zero-order valence-electron chi connectivity index (χ0n) is 36.0. The lowest BCUT2D eigenvalue weighted by Gasteiger charge is -2.37. The van der Waals surface area contributed by atoms with Crippen molar-refractivity contribution in [1.82, 2.24) is 30.5 Å². The van der Waals surface area contributed by atoms with Gasteiger partial charge in [-0.1, -0.05) is 95.6 Å². The maximum atomic E-state index is 13.9. The number of carbonyl (C=O) groups is 5. The number of terminal acetylenes is 1. The maximum Gasteiger partial charge on any atom is 0.315 e. The van der Waals surface area contributed by atoms with Gasteiger partial charge < -0.3 is 26.2 Å². The zero-order valence-corrected chi connectivity index (χ0v) is 37.6. The van der Waals surface area contributed by atoms with Gasteiger partial charge in [-0.2, -0.15) is 0 Å². The highest BCUT2D eigenvalue weighted by molar-refractivity contribution is 7.85. The van der Waals surface area contributed by atoms with Crippen molar-refractivity contribution >= 4 is 52.4 Å². The molecule has 1 aromatic rings. The Morgan fingerprint density at radius 1 is 1.04 bits per heavy atom. The summed E-state index contributed by atoms with van der Waals surface area (Å²) in [4.78, 5) is 63.3. The van der Waals surface area contributed by atoms with Crippen LogP contribution in [0.5, 0.6) is 0 Å². The Balaban J connectivity index is -0.00000191. The van der Waals surface area contributed by atoms with Gasteiger partial charge in [-0.25, -0.2) is 13.3 Å². The molecule has 0 radical (unpaired) electrons. The van der Waals surface area contributed by atoms with E-state index >= 15 is 0 Å². The Labute approximate surface area is 334 Å². The number of thiophene rings is 1. The lowest BCUT2D eigenvalue weighted by atomic mass is 9.85. The van der Waals surface area contributed by atoms with Crippen LogP contribution >= 0.6 is 11.3 Å². The smallest absolute Gasteiger partial charge is 0.315 e. The molecule has 1 saturated heterocycles. The lowest BCUT2D eigenvalue weighted by Crippen LogP contribution is -2.61. The quantitative estimate of drug-likeness (QED) is 0.124. The SMILES string of the molecule is C#CCCC(NC(=O)C1CCCN1C(=O)C(NC(=O)NC(CN(C)S(=O)c1cccs1)C(C)(C)C)C(C)(C)C)C(C)=O.CC.CC.CCC.CCNC=O. The summed E-state index contributed by atoms with van der Waals surface area (Å²) >= 11 is 1.41. The van der Waals surface area contributed by atoms with Crippen LogP contribution in [0.4, 0.5) is 4.79 Å². The van der Waals surface area contributed by atoms with Gasteiger partial charge in [0, 0.05) is 39.1 Å². The van der Waals surface area contributed by atoms with Crippen molar-refractivity contribution in [3.63, 3.8) is 0 Å². The first-order valence-electron chi connectivity index (χ1n) is 19.3. The van der Waals surface area contributed by atoms with E-state index in [2.05, 4.69) is 41.0 Å². The van der Waals surface area contributed by atoms with Crippen LogP contribution in [-0.2, 0) is 30.2 Å². The predicted molar refractivity (Wildman–Crippen MR) is 225 cm³/mol. The van der Waals surface area contributed by atoms with Crippen molar-refractivity contribution in [3.05, 3.63) is 17.5 Å². The molecule has 0 spiro atoms. The van der Waals surface area contributed by atoms with Crippen LogP contribution < -0.4 is 21.3 Å². The first kappa shape index (κ1) is 55.1. The van der Waals surface area contributed by atoms with E-state index < -0.39 is 46.5 Å². The van der Waals surface area contributed by atoms with Gasteiger partial charge >= 0.3 is 6.03 Å². The number of hydrogen-bond donors (Lipinski definition) is 4. The fourth-order valence-electron chi connectivity index (χ4n) is 4.78. The summed E-state index contributed by atoms with van der Waals surface area (Å²) in [5.41, 5.74) is -1.04. The average Bonchev–Trinajstić information content (AvgIpc) is 3.83. The minimum absolute atomic E-state index is 0.196. The van der Waals surface area contributed by atoms with Crippen LogP contribution in [-0.4, -0.2) is 94.3 Å². The molecule has 54 heavy (non-hydrogen) atoms. The fourth-order valence-corrected chi connectivity index (χ4v) is 6.89. The van der Waals surface area contributed by atoms with Crippen molar-refractivity contribution in [3.8, 4) is 12.3 Å². The standard InChI is InChI=1S/C30H47N5O5S2.C3H7NO.C3H8.2C2H6/c1-10-11-14-21(20(2)36)31-26(37)22-15-12-17-35(22)27(38)25(30(6,7)8)33-28(39)32-23(29(3,4)5)19-34(9)42(40)24-16-13-18-41-24;1-2-4-3-5;1-3-2;2*1-2/h1,13,16,18,21-23,25H,11-12,14-15,17,19H2,2-9H3,(H,31,37)(H2,32,33,39);3H,2H2,1H3,(H,4,5);3H2,1-2H3;2*1-2H3. The molecule has 2 rings (SSSR count). The molecule has 14 heteroatoms. The Bertz CT molecular complexity index is 1270. The number of rotatable bonds is 14. The summed E-state index contributed by atoms with van der Waals surface area (Å²) < 4.78 is 15.4. The Kier molecular flexibility index (Phi) is 30.6. The van der Waals surface area contributed by atoms with E-state index in [1.807, 2.05) is 93.7 Å². The van der Waals surface area contributed by atoms with Crippen LogP contribution in [0.1, 0.15) is 129 Å². The number of likely N-dealkylation sites (tertiary alicyclic amines) is 1. The largest absolute Gasteiger partial charge is 0.359 e. The zero-order chi connectivity index (χ0) is 42.7. The summed E-state index contributed by atoms with van der Waals surface area (Å²) in [5, 5.41) is 12.9. The highest BCUT2D eigenvalue weighted by atomic mass is 32.2. The first-order valence-corrected chi connectivity index (χ1v) is 21.2. The van der Waals surface area contributed by atoms with Crippen LogP contribution in [0, 0.1) is 23.2 Å². The molecule has 4 N–H and O–H groups in total. The summed E-state index contributed by atoms with van der Waals surface area (Å²) in [6.07, 6.45) is 9.02. The van der Waals surface area contributed by atoms with E-state index in [9.17, 15) is 28.2 Å². The molecule has 0 bridgehead atoms. The summed E-state index contributed by atoms with van der Waals surface area (Å²) in [5.74, 6) is 1.53. The molecule has 0 aliphatic carbocycles. The number of hydrogen-bond acceptors (Lipinski definition) is 7. The molecule has 1 fully saturated rings. The second-order valence-electron chi connectivity index (χ2n) is 14.3. The molecule has 1 aromatic heterocycles. The van der Waals surface area contributed by atoms with Gasteiger partial charge in [0.05, 0.1) is 6.04 Å². The lowest BCUT2D eigenvalue weighted by molar-refractivity contribution is -0.142. The van der Waals surface area contributed by atoms with Gasteiger partial charge in [0.2, 0.25) is 18.2 Å². The number of nitrogens with one attached hydrogen (secondary N) is 4. The molecule has 1 aliphatic rings. The van der Waals surface area contributed by atoms with E-state index in [0.717, 1.165) is 10.8 Å². The number of nitrogens with zero attached hydrogens (tertiary/aromatic N) is 2. The van der Waals surface area contributed by atoms with E-state index in [-0.39, 0.29) is 23.1 Å². The first-order chi connectivity index (χ1) is 25.3. The van der Waals surface area contributed by atoms with Gasteiger partial charge in [-0.15, -0.1) is 23.7 Å². The van der Waals surface area contributed by atoms with Crippen LogP contribution in [0.2, 0.25) is 0 Å². The van der Waals surface area contributed by atoms with Crippen molar-refractivity contribution in [1.29, 1.82) is 0 Å². The highest BCUT2D eigenvalue weighted by Gasteiger charge is 2.43. The van der Waals surface area contributed by atoms with Crippen LogP contribution in [0.3, 0.4) is 0 Å². The molecule has 0 aromatic carbocycles. The Morgan fingerprint density at radius 2 is 1.61 bits per heavy atom. The van der Waals surface area contributed by atoms with Crippen molar-refractivity contribution in [2.75, 3.05) is 26.7 Å². The molecule has 2 heterocycles. The van der Waals surface area contributed by atoms with Crippen LogP contribution in [0.25, 0.3) is 0 Å². The van der Waals surface area contributed by atoms with E-state index in [4.69, 9.17) is 6.42 Å². The minimum Gasteiger partial charge on any atom is -0.359 e. The van der Waals surface area contributed by atoms with Gasteiger partial charge in [0.1, 0.15) is 27.3 Å². The predicted octanol–water partition coefficient (Wildman–Crippen LogP) is 6.53. The van der Waals surface area contributed by atoms with Gasteiger partial charge in [-0.05, 0) is 55.4 Å². The molecule has 1 aliphatic heterocycles. The second kappa shape index (κ2) is 30.0. The maximum absolute atomic E-state index is 13.9. The summed E-state index contributed by atoms with van der Waals surface area (Å²) in [7, 11) is 0.379. The van der Waals surface area contributed by atoms with E-state index in [1.165, 1.54) is 29.6 Å². The Morgan fingerprint density at radius 3 is 2.02 bits per heavy atom. The molecule has 0 saturated carbocycles. The second-order valence-corrected chi connectivity index (χ2v) is 17.1. The molecule has 312 valence electrons. The van der Waals surface area contributed by atoms with Crippen molar-refractivity contribution < 1.29 is 28.2 Å². The molecule has 5 atom stereocenters. The number of ketones is 1. The molecule has 12 nitrogen and oxygen atoms in total. The number of amides is 5. The number of urea groups is 1. The molecule has 5 amide bonds. The van der Waals surface area contributed by atoms with Gasteiger partial charge in [-0.3, -0.25) is 19.2 Å². The monoisotopic (exact) mass is 799 g/mol. The highest BCUT2D eigenvalue weighted by Crippen LogP contribution is 2.27. The van der Waals surface area contributed by atoms with Crippen LogP contribution in [0.15, 0.2) is 21.7 Å². The minimum atomic E-state index is -1.37. The third-order valence-corrected chi connectivity index (χ3v) is 10.2. The third kappa shape index (κ3) is 21.6. The number of Topliss-reactive ketones (excluding diaryl/α,β-unsaturated/α-hetero) is 1. The van der Waals surface area contributed by atoms with Crippen molar-refractivity contribution in [2.24, 2.45) is 10.8 Å². The fraction of sp³-hybridized carbons (Fsp3) is 0.725. The molecular weight excluding hydrogens is 725 g/mol. The topological polar surface area (TPSA) is 157 Å². The number of carbonyl (C=O) groups excluding carboxylic acids is 5. The van der Waals surface area contributed by atoms with Crippen molar-refractivity contribution in [2.45, 2.75) is 157 Å². The Hall–Kier alpha value is -3.28. The van der Waals surface area contributed by atoms with E-state index in [1.54, 1.807) is 11.4 Å². The van der Waals surface area contributed by atoms with Gasteiger partial charge in [0.15, 0.2) is 5.78 Å². The van der Waals surface area contributed by atoms with E-state index in [0.29, 0.717) is 45.2 Å². The summed E-state index contributed by atoms with van der Waals surface area (Å²) in [6.45, 7) is 28.4. The number of likely N-dealkylation sites (N-methyl/N-ethyl adjacent to an activating group) is 1.